The normalized spacial score (nSPS) is 45.1. The summed E-state index contributed by atoms with van der Waals surface area (Å²) >= 11 is 0. The number of methoxy groups -OCH3 is 1. The predicted molar refractivity (Wildman–Crippen MR) is 180 cm³/mol. The first-order valence-electron chi connectivity index (χ1n) is 17.6. The molecule has 5 heteroatoms. The second kappa shape index (κ2) is 10.9. The first-order valence-corrected chi connectivity index (χ1v) is 17.6. The van der Waals surface area contributed by atoms with Gasteiger partial charge in [-0.3, -0.25) is 0 Å². The van der Waals surface area contributed by atoms with Gasteiger partial charge in [0.15, 0.2) is 11.5 Å². The number of fused-ring (bicyclic) bond motifs is 7. The highest BCUT2D eigenvalue weighted by Gasteiger charge is 2.72. The fourth-order valence-corrected chi connectivity index (χ4v) is 12.8. The molecular weight excluding hydrogens is 560 g/mol. The number of hydrogen-bond donors (Lipinski definition) is 2. The first-order chi connectivity index (χ1) is 21.0. The molecule has 2 N–H and O–H groups in total. The standard InChI is InChI=1S/C40H58O5/c1-24(2)26-16-19-38(6)32(42)23-40(8)27(35(26)38)12-14-31-37(5)20-18-33(36(3,4)30(37)17-21-39(31,40)7)45-34(43)15-11-25-10-13-28(41)29(22-25)44-9/h10-11,13,15,22,26-27,30-33,35,41-42H,1,12,14,16-21,23H2,2-9H3/b15-11+/t26-,27+,30-,31+,32-,33-,35+,37-,38+,39+,40+/m0/s1. The minimum absolute atomic E-state index is 0.00478. The molecule has 0 aromatic heterocycles. The number of aliphatic hydroxyl groups is 1. The summed E-state index contributed by atoms with van der Waals surface area (Å²) in [5.41, 5.74) is 2.38. The van der Waals surface area contributed by atoms with Crippen molar-refractivity contribution in [2.75, 3.05) is 7.11 Å². The van der Waals surface area contributed by atoms with Crippen LogP contribution in [-0.4, -0.2) is 35.5 Å². The lowest BCUT2D eigenvalue weighted by atomic mass is 9.32. The number of phenolic OH excluding ortho intramolecular Hbond substituents is 1. The summed E-state index contributed by atoms with van der Waals surface area (Å²) in [6.07, 6.45) is 12.8. The van der Waals surface area contributed by atoms with Crippen LogP contribution in [0.5, 0.6) is 11.5 Å². The van der Waals surface area contributed by atoms with Crippen LogP contribution >= 0.6 is 0 Å². The first kappa shape index (κ1) is 32.7. The third kappa shape index (κ3) is 4.67. The number of phenols is 1. The average Bonchev–Trinajstić information content (AvgIpc) is 3.34. The monoisotopic (exact) mass is 618 g/mol. The Morgan fingerprint density at radius 2 is 1.64 bits per heavy atom. The number of carbonyl (C=O) groups excluding carboxylic acids is 1. The van der Waals surface area contributed by atoms with E-state index in [9.17, 15) is 15.0 Å². The Morgan fingerprint density at radius 1 is 0.933 bits per heavy atom. The third-order valence-electron chi connectivity index (χ3n) is 15.4. The average molecular weight is 619 g/mol. The molecule has 0 amide bonds. The molecule has 0 radical (unpaired) electrons. The van der Waals surface area contributed by atoms with Crippen LogP contribution < -0.4 is 4.74 Å². The van der Waals surface area contributed by atoms with Crippen molar-refractivity contribution in [2.24, 2.45) is 56.7 Å². The summed E-state index contributed by atoms with van der Waals surface area (Å²) in [5.74, 6) is 2.86. The van der Waals surface area contributed by atoms with Crippen molar-refractivity contribution >= 4 is 12.0 Å². The van der Waals surface area contributed by atoms with Crippen LogP contribution in [0.25, 0.3) is 6.08 Å². The number of carbonyl (C=O) groups is 1. The zero-order chi connectivity index (χ0) is 32.7. The molecule has 5 nitrogen and oxygen atoms in total. The van der Waals surface area contributed by atoms with E-state index in [-0.39, 0.29) is 51.0 Å². The van der Waals surface area contributed by atoms with Gasteiger partial charge in [0.05, 0.1) is 13.2 Å². The molecule has 5 fully saturated rings. The van der Waals surface area contributed by atoms with Crippen molar-refractivity contribution in [1.29, 1.82) is 0 Å². The molecule has 45 heavy (non-hydrogen) atoms. The molecule has 0 bridgehead atoms. The van der Waals surface area contributed by atoms with Crippen LogP contribution in [0.4, 0.5) is 0 Å². The van der Waals surface area contributed by atoms with E-state index >= 15 is 0 Å². The number of esters is 1. The summed E-state index contributed by atoms with van der Waals surface area (Å²) in [4.78, 5) is 13.1. The molecule has 5 aliphatic rings. The summed E-state index contributed by atoms with van der Waals surface area (Å²) in [6.45, 7) is 21.5. The van der Waals surface area contributed by atoms with E-state index in [1.54, 1.807) is 24.3 Å². The van der Waals surface area contributed by atoms with E-state index in [0.29, 0.717) is 35.3 Å². The van der Waals surface area contributed by atoms with E-state index in [1.807, 2.05) is 0 Å². The van der Waals surface area contributed by atoms with Gasteiger partial charge in [-0.15, -0.1) is 0 Å². The van der Waals surface area contributed by atoms with Crippen LogP contribution in [0.15, 0.2) is 36.4 Å². The largest absolute Gasteiger partial charge is 0.504 e. The lowest BCUT2D eigenvalue weighted by Gasteiger charge is -2.73. The fourth-order valence-electron chi connectivity index (χ4n) is 12.8. The van der Waals surface area contributed by atoms with Crippen molar-refractivity contribution in [3.8, 4) is 11.5 Å². The highest BCUT2D eigenvalue weighted by Crippen LogP contribution is 2.77. The van der Waals surface area contributed by atoms with Gasteiger partial charge in [-0.1, -0.05) is 59.8 Å². The predicted octanol–water partition coefficient (Wildman–Crippen LogP) is 8.97. The van der Waals surface area contributed by atoms with Crippen molar-refractivity contribution in [2.45, 2.75) is 118 Å². The van der Waals surface area contributed by atoms with Gasteiger partial charge in [0.1, 0.15) is 6.10 Å². The maximum absolute atomic E-state index is 13.1. The van der Waals surface area contributed by atoms with Crippen LogP contribution in [-0.2, 0) is 9.53 Å². The minimum atomic E-state index is -0.319. The molecule has 1 aromatic rings. The number of allylic oxidation sites excluding steroid dienone is 1. The second-order valence-electron chi connectivity index (χ2n) is 17.5. The Balaban J connectivity index is 1.23. The Kier molecular flexibility index (Phi) is 7.90. The fraction of sp³-hybridized carbons (Fsp3) is 0.725. The molecule has 1 aromatic carbocycles. The second-order valence-corrected chi connectivity index (χ2v) is 17.5. The van der Waals surface area contributed by atoms with E-state index in [1.165, 1.54) is 44.4 Å². The Labute approximate surface area is 271 Å². The lowest BCUT2D eigenvalue weighted by Crippen LogP contribution is -2.68. The number of aliphatic hydroxyl groups excluding tert-OH is 1. The molecule has 6 rings (SSSR count). The number of aromatic hydroxyl groups is 1. The van der Waals surface area contributed by atoms with E-state index in [0.717, 1.165) is 37.7 Å². The summed E-state index contributed by atoms with van der Waals surface area (Å²) in [5, 5.41) is 21.8. The zero-order valence-corrected chi connectivity index (χ0v) is 29.1. The highest BCUT2D eigenvalue weighted by atomic mass is 16.5. The molecule has 5 aliphatic carbocycles. The summed E-state index contributed by atoms with van der Waals surface area (Å²) < 4.78 is 11.4. The Hall–Kier alpha value is -2.27. The quantitative estimate of drug-likeness (QED) is 0.196. The van der Waals surface area contributed by atoms with Gasteiger partial charge < -0.3 is 19.7 Å². The van der Waals surface area contributed by atoms with Crippen molar-refractivity contribution < 1.29 is 24.5 Å². The van der Waals surface area contributed by atoms with Gasteiger partial charge in [-0.25, -0.2) is 4.79 Å². The maximum Gasteiger partial charge on any atom is 0.331 e. The highest BCUT2D eigenvalue weighted by molar-refractivity contribution is 5.87. The van der Waals surface area contributed by atoms with Crippen molar-refractivity contribution in [3.05, 3.63) is 42.0 Å². The van der Waals surface area contributed by atoms with Gasteiger partial charge in [0, 0.05) is 11.5 Å². The molecule has 0 heterocycles. The lowest BCUT2D eigenvalue weighted by molar-refractivity contribution is -0.262. The molecule has 248 valence electrons. The maximum atomic E-state index is 13.1. The van der Waals surface area contributed by atoms with Gasteiger partial charge in [0.25, 0.3) is 0 Å². The summed E-state index contributed by atoms with van der Waals surface area (Å²) in [7, 11) is 1.51. The van der Waals surface area contributed by atoms with Crippen LogP contribution in [0.3, 0.4) is 0 Å². The van der Waals surface area contributed by atoms with E-state index in [4.69, 9.17) is 9.47 Å². The van der Waals surface area contributed by atoms with Gasteiger partial charge in [-0.05, 0) is 140 Å². The number of rotatable bonds is 5. The van der Waals surface area contributed by atoms with Gasteiger partial charge in [-0.2, -0.15) is 0 Å². The van der Waals surface area contributed by atoms with Crippen molar-refractivity contribution in [1.82, 2.24) is 0 Å². The number of benzene rings is 1. The molecule has 0 aliphatic heterocycles. The molecule has 0 spiro atoms. The van der Waals surface area contributed by atoms with Crippen LogP contribution in [0.1, 0.15) is 112 Å². The van der Waals surface area contributed by atoms with Crippen LogP contribution in [0, 0.1) is 56.7 Å². The summed E-state index contributed by atoms with van der Waals surface area (Å²) in [6, 6.07) is 5.03. The smallest absolute Gasteiger partial charge is 0.331 e. The molecule has 0 unspecified atom stereocenters. The molecule has 0 saturated heterocycles. The third-order valence-corrected chi connectivity index (χ3v) is 15.4. The van der Waals surface area contributed by atoms with Gasteiger partial charge in [0.2, 0.25) is 0 Å². The molecule has 11 atom stereocenters. The number of ether oxygens (including phenoxy) is 2. The van der Waals surface area contributed by atoms with Crippen molar-refractivity contribution in [3.63, 3.8) is 0 Å². The zero-order valence-electron chi connectivity index (χ0n) is 29.1. The number of hydrogen-bond acceptors (Lipinski definition) is 5. The molecular formula is C40H58O5. The van der Waals surface area contributed by atoms with E-state index < -0.39 is 0 Å². The van der Waals surface area contributed by atoms with Gasteiger partial charge >= 0.3 is 5.97 Å². The SMILES string of the molecule is C=C(C)[C@@H]1CC[C@@]2(C)[C@H]1[C@H]1CC[C@@H]3[C@@]4(C)CC[C@H](OC(=O)/C=C/c5ccc(O)c(OC)c5)C(C)(C)[C@@H]4CC[C@@]3(C)[C@]1(C)C[C@@H]2O. The Bertz CT molecular complexity index is 1380. The van der Waals surface area contributed by atoms with E-state index in [2.05, 4.69) is 55.0 Å². The Morgan fingerprint density at radius 3 is 2.33 bits per heavy atom. The van der Waals surface area contributed by atoms with Crippen LogP contribution in [0.2, 0.25) is 0 Å². The topological polar surface area (TPSA) is 76.0 Å². The minimum Gasteiger partial charge on any atom is -0.504 e. The molecule has 5 saturated carbocycles.